The molecule has 1 unspecified atom stereocenters. The lowest BCUT2D eigenvalue weighted by Gasteiger charge is -2.12. The predicted octanol–water partition coefficient (Wildman–Crippen LogP) is 3.93. The van der Waals surface area contributed by atoms with Crippen LogP contribution in [-0.4, -0.2) is 25.9 Å². The van der Waals surface area contributed by atoms with Crippen molar-refractivity contribution in [2.24, 2.45) is 7.05 Å². The fraction of sp³-hybridized carbons (Fsp3) is 0.211. The number of nitrogens with one attached hydrogen (secondary N) is 1. The number of amides is 1. The summed E-state index contributed by atoms with van der Waals surface area (Å²) in [7, 11) is 1.90. The van der Waals surface area contributed by atoms with Crippen LogP contribution in [0.15, 0.2) is 59.8 Å². The molecule has 3 aromatic rings. The molecule has 0 radical (unpaired) electrons. The van der Waals surface area contributed by atoms with Crippen LogP contribution in [0, 0.1) is 0 Å². The molecule has 0 fully saturated rings. The summed E-state index contributed by atoms with van der Waals surface area (Å²) in [6.45, 7) is 2.25. The van der Waals surface area contributed by atoms with Gasteiger partial charge in [0.2, 0.25) is 5.91 Å². The summed E-state index contributed by atoms with van der Waals surface area (Å²) in [5.41, 5.74) is 1.88. The van der Waals surface area contributed by atoms with E-state index in [0.717, 1.165) is 17.0 Å². The first-order valence-electron chi connectivity index (χ1n) is 8.19. The highest BCUT2D eigenvalue weighted by Crippen LogP contribution is 2.25. The van der Waals surface area contributed by atoms with E-state index in [1.54, 1.807) is 0 Å². The molecule has 2 aromatic carbocycles. The van der Waals surface area contributed by atoms with Gasteiger partial charge in [-0.15, -0.1) is 10.2 Å². The van der Waals surface area contributed by atoms with Crippen molar-refractivity contribution < 1.29 is 4.79 Å². The Balaban J connectivity index is 1.63. The molecule has 3 rings (SSSR count). The summed E-state index contributed by atoms with van der Waals surface area (Å²) < 4.78 is 1.90. The van der Waals surface area contributed by atoms with Gasteiger partial charge >= 0.3 is 0 Å². The third-order valence-corrected chi connectivity index (χ3v) is 5.43. The lowest BCUT2D eigenvalue weighted by molar-refractivity contribution is -0.120. The Bertz CT molecular complexity index is 898. The van der Waals surface area contributed by atoms with Crippen LogP contribution >= 0.6 is 23.4 Å². The van der Waals surface area contributed by atoms with Gasteiger partial charge in [-0.05, 0) is 18.6 Å². The molecule has 5 nitrogen and oxygen atoms in total. The predicted molar refractivity (Wildman–Crippen MR) is 105 cm³/mol. The fourth-order valence-corrected chi connectivity index (χ4v) is 3.48. The first kappa shape index (κ1) is 18.5. The number of nitrogens with zero attached hydrogens (tertiary/aromatic N) is 3. The topological polar surface area (TPSA) is 59.8 Å². The van der Waals surface area contributed by atoms with Gasteiger partial charge in [-0.3, -0.25) is 4.79 Å². The molecule has 7 heteroatoms. The minimum atomic E-state index is -0.302. The highest BCUT2D eigenvalue weighted by molar-refractivity contribution is 8.00. The van der Waals surface area contributed by atoms with E-state index in [-0.39, 0.29) is 11.2 Å². The molecular weight excluding hydrogens is 368 g/mol. The van der Waals surface area contributed by atoms with Crippen LogP contribution < -0.4 is 5.32 Å². The van der Waals surface area contributed by atoms with Gasteiger partial charge in [0.1, 0.15) is 0 Å². The van der Waals surface area contributed by atoms with Crippen molar-refractivity contribution in [3.63, 3.8) is 0 Å². The lowest BCUT2D eigenvalue weighted by Crippen LogP contribution is -2.30. The first-order chi connectivity index (χ1) is 12.6. The van der Waals surface area contributed by atoms with E-state index < -0.39 is 0 Å². The van der Waals surface area contributed by atoms with E-state index in [2.05, 4.69) is 15.5 Å². The molecule has 0 bridgehead atoms. The third-order valence-electron chi connectivity index (χ3n) is 3.93. The maximum Gasteiger partial charge on any atom is 0.233 e. The van der Waals surface area contributed by atoms with Crippen LogP contribution in [0.25, 0.3) is 11.4 Å². The number of hydrogen-bond acceptors (Lipinski definition) is 4. The summed E-state index contributed by atoms with van der Waals surface area (Å²) >= 11 is 7.50. The minimum absolute atomic E-state index is 0.0702. The van der Waals surface area contributed by atoms with Crippen molar-refractivity contribution in [3.05, 3.63) is 65.2 Å². The molecule has 1 atom stereocenters. The second-order valence-electron chi connectivity index (χ2n) is 5.80. The molecule has 1 amide bonds. The molecule has 26 heavy (non-hydrogen) atoms. The van der Waals surface area contributed by atoms with Gasteiger partial charge in [-0.25, -0.2) is 0 Å². The normalized spacial score (nSPS) is 12.0. The Morgan fingerprint density at radius 1 is 1.15 bits per heavy atom. The van der Waals surface area contributed by atoms with Crippen molar-refractivity contribution in [2.75, 3.05) is 0 Å². The van der Waals surface area contributed by atoms with Gasteiger partial charge in [0.05, 0.1) is 5.25 Å². The molecule has 0 saturated heterocycles. The van der Waals surface area contributed by atoms with Crippen molar-refractivity contribution >= 4 is 29.3 Å². The van der Waals surface area contributed by atoms with Gasteiger partial charge in [0.25, 0.3) is 0 Å². The van der Waals surface area contributed by atoms with Crippen molar-refractivity contribution in [1.82, 2.24) is 20.1 Å². The summed E-state index contributed by atoms with van der Waals surface area (Å²) in [6.07, 6.45) is 0. The monoisotopic (exact) mass is 386 g/mol. The number of aromatic nitrogens is 3. The van der Waals surface area contributed by atoms with E-state index >= 15 is 0 Å². The third kappa shape index (κ3) is 4.26. The van der Waals surface area contributed by atoms with Crippen molar-refractivity contribution in [1.29, 1.82) is 0 Å². The largest absolute Gasteiger partial charge is 0.351 e. The van der Waals surface area contributed by atoms with Gasteiger partial charge in [0, 0.05) is 24.2 Å². The van der Waals surface area contributed by atoms with Crippen LogP contribution in [0.3, 0.4) is 0 Å². The molecule has 1 N–H and O–H groups in total. The number of thioether (sulfide) groups is 1. The van der Waals surface area contributed by atoms with Gasteiger partial charge < -0.3 is 9.88 Å². The smallest absolute Gasteiger partial charge is 0.233 e. The van der Waals surface area contributed by atoms with E-state index in [1.807, 2.05) is 73.1 Å². The highest BCUT2D eigenvalue weighted by Gasteiger charge is 2.19. The molecule has 1 heterocycles. The summed E-state index contributed by atoms with van der Waals surface area (Å²) in [6, 6.07) is 17.3. The fourth-order valence-electron chi connectivity index (χ4n) is 2.44. The molecule has 134 valence electrons. The number of halogens is 1. The number of carbonyl (C=O) groups excluding carboxylic acids is 1. The Morgan fingerprint density at radius 3 is 2.58 bits per heavy atom. The van der Waals surface area contributed by atoms with E-state index in [0.29, 0.717) is 16.7 Å². The van der Waals surface area contributed by atoms with Crippen LogP contribution in [0.4, 0.5) is 0 Å². The van der Waals surface area contributed by atoms with E-state index in [9.17, 15) is 4.79 Å². The van der Waals surface area contributed by atoms with Gasteiger partial charge in [-0.1, -0.05) is 71.9 Å². The second-order valence-corrected chi connectivity index (χ2v) is 7.52. The second kappa shape index (κ2) is 8.38. The zero-order valence-electron chi connectivity index (χ0n) is 14.5. The maximum absolute atomic E-state index is 12.4. The SMILES string of the molecule is CC(Sc1nnc(-c2ccccc2)n1C)C(=O)NCc1ccccc1Cl. The Hall–Kier alpha value is -2.31. The van der Waals surface area contributed by atoms with Crippen LogP contribution in [0.1, 0.15) is 12.5 Å². The number of benzene rings is 2. The van der Waals surface area contributed by atoms with Crippen molar-refractivity contribution in [3.8, 4) is 11.4 Å². The number of hydrogen-bond donors (Lipinski definition) is 1. The number of rotatable bonds is 6. The van der Waals surface area contributed by atoms with Gasteiger partial charge in [-0.2, -0.15) is 0 Å². The Kier molecular flexibility index (Phi) is 5.96. The average molecular weight is 387 g/mol. The lowest BCUT2D eigenvalue weighted by atomic mass is 10.2. The zero-order valence-corrected chi connectivity index (χ0v) is 16.1. The molecule has 0 saturated carbocycles. The van der Waals surface area contributed by atoms with Crippen LogP contribution in [0.5, 0.6) is 0 Å². The summed E-state index contributed by atoms with van der Waals surface area (Å²) in [4.78, 5) is 12.4. The quantitative estimate of drug-likeness (QED) is 0.652. The summed E-state index contributed by atoms with van der Waals surface area (Å²) in [5.74, 6) is 0.705. The number of carbonyl (C=O) groups is 1. The first-order valence-corrected chi connectivity index (χ1v) is 9.44. The Labute approximate surface area is 161 Å². The Morgan fingerprint density at radius 2 is 1.85 bits per heavy atom. The van der Waals surface area contributed by atoms with Crippen LogP contribution in [-0.2, 0) is 18.4 Å². The average Bonchev–Trinajstić information content (AvgIpc) is 3.02. The summed E-state index contributed by atoms with van der Waals surface area (Å²) in [5, 5.41) is 12.4. The van der Waals surface area contributed by atoms with Crippen LogP contribution in [0.2, 0.25) is 5.02 Å². The minimum Gasteiger partial charge on any atom is -0.351 e. The molecule has 1 aromatic heterocycles. The molecular formula is C19H19ClN4OS. The molecule has 0 aliphatic carbocycles. The molecule has 0 aliphatic heterocycles. The molecule has 0 spiro atoms. The molecule has 0 aliphatic rings. The maximum atomic E-state index is 12.4. The van der Waals surface area contributed by atoms with Crippen molar-refractivity contribution in [2.45, 2.75) is 23.9 Å². The van der Waals surface area contributed by atoms with Gasteiger partial charge in [0.15, 0.2) is 11.0 Å². The van der Waals surface area contributed by atoms with E-state index in [4.69, 9.17) is 11.6 Å². The van der Waals surface area contributed by atoms with E-state index in [1.165, 1.54) is 11.8 Å². The standard InChI is InChI=1S/C19H19ClN4OS/c1-13(18(25)21-12-15-10-6-7-11-16(15)20)26-19-23-22-17(24(19)2)14-8-4-3-5-9-14/h3-11,13H,12H2,1-2H3,(H,21,25). The zero-order chi connectivity index (χ0) is 18.5. The highest BCUT2D eigenvalue weighted by atomic mass is 35.5.